The molecule has 4 rings (SSSR count). The molecule has 1 atom stereocenters. The van der Waals surface area contributed by atoms with Crippen molar-refractivity contribution in [1.29, 1.82) is 0 Å². The molecule has 1 unspecified atom stereocenters. The Kier molecular flexibility index (Phi) is 5.26. The number of carbonyl (C=O) groups is 2. The molecule has 0 bridgehead atoms. The first kappa shape index (κ1) is 19.4. The molecule has 0 fully saturated rings. The summed E-state index contributed by atoms with van der Waals surface area (Å²) in [5, 5.41) is 4.05. The van der Waals surface area contributed by atoms with Crippen LogP contribution in [0.4, 0.5) is 5.69 Å². The third-order valence-electron chi connectivity index (χ3n) is 4.79. The Morgan fingerprint density at radius 1 is 1.14 bits per heavy atom. The summed E-state index contributed by atoms with van der Waals surface area (Å²) in [6.45, 7) is 1.49. The summed E-state index contributed by atoms with van der Waals surface area (Å²) in [5.74, 6) is -0.315. The Bertz CT molecular complexity index is 1150. The van der Waals surface area contributed by atoms with Crippen LogP contribution < -0.4 is 5.32 Å². The van der Waals surface area contributed by atoms with Gasteiger partial charge in [0.05, 0.1) is 17.1 Å². The molecular formula is C22H17Cl2N3O2. The van der Waals surface area contributed by atoms with Crippen LogP contribution in [0.2, 0.25) is 10.0 Å². The van der Waals surface area contributed by atoms with Gasteiger partial charge in [0.2, 0.25) is 5.91 Å². The summed E-state index contributed by atoms with van der Waals surface area (Å²) in [7, 11) is 0. The molecule has 2 heterocycles. The van der Waals surface area contributed by atoms with Gasteiger partial charge in [0.25, 0.3) is 0 Å². The molecule has 29 heavy (non-hydrogen) atoms. The average Bonchev–Trinajstić information content (AvgIpc) is 3.13. The summed E-state index contributed by atoms with van der Waals surface area (Å²) >= 11 is 12.5. The van der Waals surface area contributed by atoms with Gasteiger partial charge in [-0.3, -0.25) is 14.6 Å². The van der Waals surface area contributed by atoms with Gasteiger partial charge in [-0.25, -0.2) is 0 Å². The fourth-order valence-electron chi connectivity index (χ4n) is 3.30. The molecular weight excluding hydrogens is 409 g/mol. The molecule has 0 saturated heterocycles. The summed E-state index contributed by atoms with van der Waals surface area (Å²) in [5.41, 5.74) is 3.91. The van der Waals surface area contributed by atoms with E-state index in [9.17, 15) is 9.59 Å². The number of benzodiazepines with no additional fused rings is 1. The zero-order chi connectivity index (χ0) is 20.5. The van der Waals surface area contributed by atoms with E-state index in [-0.39, 0.29) is 11.7 Å². The Morgan fingerprint density at radius 3 is 2.66 bits per heavy atom. The second-order valence-corrected chi connectivity index (χ2v) is 7.67. The Morgan fingerprint density at radius 2 is 1.93 bits per heavy atom. The van der Waals surface area contributed by atoms with Crippen LogP contribution in [0.15, 0.2) is 59.7 Å². The van der Waals surface area contributed by atoms with Crippen LogP contribution in [0.25, 0.3) is 0 Å². The lowest BCUT2D eigenvalue weighted by Gasteiger charge is -2.12. The van der Waals surface area contributed by atoms with Crippen molar-refractivity contribution in [2.24, 2.45) is 4.99 Å². The molecule has 1 amide bonds. The lowest BCUT2D eigenvalue weighted by atomic mass is 10.0. The van der Waals surface area contributed by atoms with Gasteiger partial charge in [-0.05, 0) is 35.9 Å². The third kappa shape index (κ3) is 3.97. The number of H-pyrrole nitrogens is 1. The fourth-order valence-corrected chi connectivity index (χ4v) is 3.68. The van der Waals surface area contributed by atoms with Crippen LogP contribution in [0, 0.1) is 0 Å². The van der Waals surface area contributed by atoms with E-state index in [0.717, 1.165) is 5.56 Å². The van der Waals surface area contributed by atoms with Gasteiger partial charge in [-0.2, -0.15) is 0 Å². The van der Waals surface area contributed by atoms with Gasteiger partial charge in [-0.15, -0.1) is 0 Å². The number of ketones is 1. The number of amides is 1. The van der Waals surface area contributed by atoms with Crippen LogP contribution in [0.1, 0.15) is 34.1 Å². The van der Waals surface area contributed by atoms with E-state index in [1.54, 1.807) is 36.5 Å². The summed E-state index contributed by atoms with van der Waals surface area (Å²) in [6.07, 6.45) is 2.06. The van der Waals surface area contributed by atoms with Crippen molar-refractivity contribution in [3.05, 3.63) is 87.2 Å². The van der Waals surface area contributed by atoms with Crippen molar-refractivity contribution >= 4 is 46.3 Å². The van der Waals surface area contributed by atoms with Gasteiger partial charge in [0, 0.05) is 40.7 Å². The first-order valence-electron chi connectivity index (χ1n) is 9.04. The number of anilines is 1. The maximum Gasteiger partial charge on any atom is 0.249 e. The normalized spacial score (nSPS) is 15.9. The molecule has 0 aliphatic carbocycles. The lowest BCUT2D eigenvalue weighted by molar-refractivity contribution is -0.117. The number of carbonyl (C=O) groups excluding carboxylic acids is 2. The zero-order valence-electron chi connectivity index (χ0n) is 15.5. The molecule has 3 aromatic rings. The summed E-state index contributed by atoms with van der Waals surface area (Å²) < 4.78 is 0. The number of aromatic nitrogens is 1. The molecule has 1 aromatic heterocycles. The number of aliphatic imine (C=N–C) groups is 1. The van der Waals surface area contributed by atoms with Crippen LogP contribution in [-0.4, -0.2) is 28.4 Å². The molecule has 0 saturated carbocycles. The first-order chi connectivity index (χ1) is 13.9. The molecule has 0 spiro atoms. The minimum Gasteiger partial charge on any atom is -0.358 e. The van der Waals surface area contributed by atoms with Crippen molar-refractivity contribution in [2.45, 2.75) is 19.4 Å². The van der Waals surface area contributed by atoms with Crippen molar-refractivity contribution in [3.63, 3.8) is 0 Å². The van der Waals surface area contributed by atoms with Crippen LogP contribution in [-0.2, 0) is 11.2 Å². The molecule has 1 aliphatic rings. The number of benzene rings is 2. The topological polar surface area (TPSA) is 74.3 Å². The van der Waals surface area contributed by atoms with E-state index < -0.39 is 6.04 Å². The highest BCUT2D eigenvalue weighted by molar-refractivity contribution is 6.32. The smallest absolute Gasteiger partial charge is 0.249 e. The third-order valence-corrected chi connectivity index (χ3v) is 5.39. The zero-order valence-corrected chi connectivity index (χ0v) is 17.0. The number of Topliss-reactive ketones (excluding diaryl/α,β-unsaturated/α-hetero) is 1. The number of nitrogens with one attached hydrogen (secondary N) is 2. The lowest BCUT2D eigenvalue weighted by Crippen LogP contribution is -2.27. The predicted molar refractivity (Wildman–Crippen MR) is 115 cm³/mol. The molecule has 2 aromatic carbocycles. The summed E-state index contributed by atoms with van der Waals surface area (Å²) in [6, 6.07) is 13.6. The van der Waals surface area contributed by atoms with E-state index in [2.05, 4.69) is 10.3 Å². The summed E-state index contributed by atoms with van der Waals surface area (Å²) in [4.78, 5) is 32.4. The minimum atomic E-state index is -0.688. The minimum absolute atomic E-state index is 0.0846. The Labute approximate surface area is 177 Å². The largest absolute Gasteiger partial charge is 0.358 e. The molecule has 7 heteroatoms. The Hall–Kier alpha value is -2.89. The fraction of sp³-hybridized carbons (Fsp3) is 0.136. The molecule has 5 nitrogen and oxygen atoms in total. The highest BCUT2D eigenvalue weighted by Gasteiger charge is 2.27. The molecule has 1 aliphatic heterocycles. The van der Waals surface area contributed by atoms with Crippen LogP contribution >= 0.6 is 23.2 Å². The van der Waals surface area contributed by atoms with Crippen molar-refractivity contribution in [2.75, 3.05) is 5.32 Å². The standard InChI is InChI=1S/C22H17Cl2N3O2/c1-12(28)19-9-14(11-25-19)21-16-10-15(23)6-7-18(16)27-22(29)20(26-21)8-13-4-2-3-5-17(13)24/h2-7,9-11,20,25H,8H2,1H3,(H,27,29). The highest BCUT2D eigenvalue weighted by atomic mass is 35.5. The quantitative estimate of drug-likeness (QED) is 0.581. The number of fused-ring (bicyclic) bond motifs is 1. The number of hydrogen-bond donors (Lipinski definition) is 2. The predicted octanol–water partition coefficient (Wildman–Crippen LogP) is 4.92. The number of rotatable bonds is 4. The van der Waals surface area contributed by atoms with Gasteiger partial charge in [0.1, 0.15) is 6.04 Å². The van der Waals surface area contributed by atoms with Gasteiger partial charge in [-0.1, -0.05) is 41.4 Å². The maximum absolute atomic E-state index is 12.9. The van der Waals surface area contributed by atoms with Crippen LogP contribution in [0.3, 0.4) is 0 Å². The number of halogens is 2. The number of nitrogens with zero attached hydrogens (tertiary/aromatic N) is 1. The molecule has 2 N–H and O–H groups in total. The number of hydrogen-bond acceptors (Lipinski definition) is 3. The van der Waals surface area contributed by atoms with Crippen LogP contribution in [0.5, 0.6) is 0 Å². The second-order valence-electron chi connectivity index (χ2n) is 6.83. The van der Waals surface area contributed by atoms with E-state index in [1.165, 1.54) is 6.92 Å². The van der Waals surface area contributed by atoms with E-state index in [0.29, 0.717) is 44.7 Å². The van der Waals surface area contributed by atoms with Crippen molar-refractivity contribution in [3.8, 4) is 0 Å². The second kappa shape index (κ2) is 7.85. The first-order valence-corrected chi connectivity index (χ1v) is 9.79. The van der Waals surface area contributed by atoms with E-state index in [4.69, 9.17) is 28.2 Å². The average molecular weight is 426 g/mol. The number of aromatic amines is 1. The SMILES string of the molecule is CC(=O)c1cc(C2=NC(Cc3ccccc3Cl)C(=O)Nc3ccc(Cl)cc32)c[nH]1. The van der Waals surface area contributed by atoms with E-state index in [1.807, 2.05) is 18.2 Å². The maximum atomic E-state index is 12.9. The highest BCUT2D eigenvalue weighted by Crippen LogP contribution is 2.29. The van der Waals surface area contributed by atoms with Crippen molar-refractivity contribution in [1.82, 2.24) is 4.98 Å². The molecule has 0 radical (unpaired) electrons. The van der Waals surface area contributed by atoms with Gasteiger partial charge in [0.15, 0.2) is 5.78 Å². The van der Waals surface area contributed by atoms with E-state index >= 15 is 0 Å². The molecule has 146 valence electrons. The van der Waals surface area contributed by atoms with Crippen molar-refractivity contribution < 1.29 is 9.59 Å². The Balaban J connectivity index is 1.83. The van der Waals surface area contributed by atoms with Gasteiger partial charge < -0.3 is 10.3 Å². The van der Waals surface area contributed by atoms with Gasteiger partial charge >= 0.3 is 0 Å². The monoisotopic (exact) mass is 425 g/mol.